The lowest BCUT2D eigenvalue weighted by Crippen LogP contribution is -2.32. The molecule has 7 nitrogen and oxygen atoms in total. The molecule has 1 aliphatic rings. The maximum absolute atomic E-state index is 13.2. The Balaban J connectivity index is 1.30. The summed E-state index contributed by atoms with van der Waals surface area (Å²) in [5.74, 6) is 0.214. The molecule has 0 unspecified atom stereocenters. The lowest BCUT2D eigenvalue weighted by atomic mass is 10.2. The number of hydrogen-bond acceptors (Lipinski definition) is 4. The number of imidazole rings is 1. The minimum atomic E-state index is -0.319. The van der Waals surface area contributed by atoms with E-state index in [2.05, 4.69) is 15.1 Å². The third-order valence-electron chi connectivity index (χ3n) is 4.86. The molecular formula is C19H22FN5O2. The second kappa shape index (κ2) is 7.11. The van der Waals surface area contributed by atoms with Gasteiger partial charge < -0.3 is 14.6 Å². The van der Waals surface area contributed by atoms with Gasteiger partial charge >= 0.3 is 0 Å². The summed E-state index contributed by atoms with van der Waals surface area (Å²) in [6.45, 7) is 5.53. The molecule has 4 rings (SSSR count). The molecule has 3 aromatic rings. The highest BCUT2D eigenvalue weighted by Crippen LogP contribution is 2.23. The van der Waals surface area contributed by atoms with E-state index in [0.29, 0.717) is 29.9 Å². The molecule has 0 radical (unpaired) electrons. The van der Waals surface area contributed by atoms with Gasteiger partial charge in [0.05, 0.1) is 22.8 Å². The number of ether oxygens (including phenoxy) is 1. The number of halogens is 1. The molecular weight excluding hydrogens is 349 g/mol. The van der Waals surface area contributed by atoms with Gasteiger partial charge in [0.2, 0.25) is 5.91 Å². The van der Waals surface area contributed by atoms with Crippen LogP contribution in [0.15, 0.2) is 24.3 Å². The summed E-state index contributed by atoms with van der Waals surface area (Å²) in [7, 11) is 0. The second-order valence-corrected chi connectivity index (χ2v) is 6.99. The van der Waals surface area contributed by atoms with Crippen LogP contribution in [-0.2, 0) is 16.1 Å². The number of aryl methyl sites for hydroxylation is 2. The second-order valence-electron chi connectivity index (χ2n) is 6.99. The number of nitrogens with one attached hydrogen (secondary N) is 1. The molecule has 1 N–H and O–H groups in total. The highest BCUT2D eigenvalue weighted by Gasteiger charge is 2.28. The van der Waals surface area contributed by atoms with Crippen LogP contribution in [0.5, 0.6) is 0 Å². The monoisotopic (exact) mass is 371 g/mol. The fourth-order valence-corrected chi connectivity index (χ4v) is 3.61. The van der Waals surface area contributed by atoms with Gasteiger partial charge in [0.15, 0.2) is 0 Å². The minimum absolute atomic E-state index is 0.00472. The standard InChI is InChI=1S/C19H22FN5O2/c1-12-7-13(2)25(23-12)15-5-6-24(9-15)19(26)11-27-10-18-21-16-4-3-14(20)8-17(16)22-18/h3-4,7-8,15H,5-6,9-11H2,1-2H3,(H,21,22)/t15-/m0/s1. The van der Waals surface area contributed by atoms with E-state index in [1.165, 1.54) is 12.1 Å². The van der Waals surface area contributed by atoms with Crippen LogP contribution < -0.4 is 0 Å². The van der Waals surface area contributed by atoms with Crippen LogP contribution in [-0.4, -0.2) is 50.3 Å². The zero-order chi connectivity index (χ0) is 19.0. The van der Waals surface area contributed by atoms with Gasteiger partial charge in [-0.25, -0.2) is 9.37 Å². The zero-order valence-electron chi connectivity index (χ0n) is 15.4. The van der Waals surface area contributed by atoms with Crippen molar-refractivity contribution >= 4 is 16.9 Å². The third kappa shape index (κ3) is 3.71. The summed E-state index contributed by atoms with van der Waals surface area (Å²) in [6, 6.07) is 6.63. The number of benzene rings is 1. The van der Waals surface area contributed by atoms with Crippen molar-refractivity contribution < 1.29 is 13.9 Å². The van der Waals surface area contributed by atoms with Gasteiger partial charge in [0, 0.05) is 18.8 Å². The maximum Gasteiger partial charge on any atom is 0.248 e. The van der Waals surface area contributed by atoms with Crippen LogP contribution in [0.4, 0.5) is 4.39 Å². The Kier molecular flexibility index (Phi) is 4.65. The summed E-state index contributed by atoms with van der Waals surface area (Å²) >= 11 is 0. The molecule has 1 atom stereocenters. The highest BCUT2D eigenvalue weighted by molar-refractivity contribution is 5.78. The van der Waals surface area contributed by atoms with Gasteiger partial charge in [-0.3, -0.25) is 9.48 Å². The fourth-order valence-electron chi connectivity index (χ4n) is 3.61. The highest BCUT2D eigenvalue weighted by atomic mass is 19.1. The topological polar surface area (TPSA) is 76.0 Å². The molecule has 1 saturated heterocycles. The van der Waals surface area contributed by atoms with Crippen molar-refractivity contribution in [1.82, 2.24) is 24.6 Å². The molecule has 1 fully saturated rings. The molecule has 0 spiro atoms. The first kappa shape index (κ1) is 17.7. The number of carbonyl (C=O) groups is 1. The number of aromatic nitrogens is 4. The molecule has 2 aromatic heterocycles. The van der Waals surface area contributed by atoms with E-state index < -0.39 is 0 Å². The van der Waals surface area contributed by atoms with E-state index in [1.54, 1.807) is 6.07 Å². The van der Waals surface area contributed by atoms with Crippen LogP contribution in [0.1, 0.15) is 29.7 Å². The smallest absolute Gasteiger partial charge is 0.248 e. The first-order valence-electron chi connectivity index (χ1n) is 9.02. The lowest BCUT2D eigenvalue weighted by Gasteiger charge is -2.17. The SMILES string of the molecule is Cc1cc(C)n([C@H]2CCN(C(=O)COCc3nc4ccc(F)cc4[nH]3)C2)n1. The van der Waals surface area contributed by atoms with Crippen molar-refractivity contribution in [2.24, 2.45) is 0 Å². The lowest BCUT2D eigenvalue weighted by molar-refractivity contribution is -0.135. The average molecular weight is 371 g/mol. The molecule has 8 heteroatoms. The van der Waals surface area contributed by atoms with E-state index >= 15 is 0 Å². The summed E-state index contributed by atoms with van der Waals surface area (Å²) < 4.78 is 20.8. The molecule has 3 heterocycles. The van der Waals surface area contributed by atoms with E-state index in [4.69, 9.17) is 4.74 Å². The maximum atomic E-state index is 13.2. The Labute approximate surface area is 156 Å². The van der Waals surface area contributed by atoms with Crippen LogP contribution >= 0.6 is 0 Å². The number of H-pyrrole nitrogens is 1. The van der Waals surface area contributed by atoms with E-state index in [1.807, 2.05) is 29.5 Å². The summed E-state index contributed by atoms with van der Waals surface area (Å²) in [6.07, 6.45) is 0.892. The molecule has 0 aliphatic carbocycles. The Bertz CT molecular complexity index is 980. The Morgan fingerprint density at radius 3 is 3.00 bits per heavy atom. The number of likely N-dealkylation sites (tertiary alicyclic amines) is 1. The van der Waals surface area contributed by atoms with Crippen molar-refractivity contribution in [2.75, 3.05) is 19.7 Å². The Morgan fingerprint density at radius 2 is 2.22 bits per heavy atom. The Hall–Kier alpha value is -2.74. The van der Waals surface area contributed by atoms with Crippen molar-refractivity contribution in [1.29, 1.82) is 0 Å². The van der Waals surface area contributed by atoms with Crippen LogP contribution in [0.2, 0.25) is 0 Å². The molecule has 1 aliphatic heterocycles. The number of amides is 1. The van der Waals surface area contributed by atoms with Gasteiger partial charge in [-0.05, 0) is 44.5 Å². The van der Waals surface area contributed by atoms with Crippen molar-refractivity contribution in [3.63, 3.8) is 0 Å². The molecule has 142 valence electrons. The van der Waals surface area contributed by atoms with Crippen molar-refractivity contribution in [2.45, 2.75) is 32.9 Å². The number of hydrogen-bond donors (Lipinski definition) is 1. The van der Waals surface area contributed by atoms with Crippen LogP contribution in [0.3, 0.4) is 0 Å². The predicted molar refractivity (Wildman–Crippen MR) is 97.6 cm³/mol. The van der Waals surface area contributed by atoms with Crippen molar-refractivity contribution in [3.05, 3.63) is 47.3 Å². The molecule has 0 bridgehead atoms. The number of rotatable bonds is 5. The first-order chi connectivity index (χ1) is 13.0. The fraction of sp³-hybridized carbons (Fsp3) is 0.421. The minimum Gasteiger partial charge on any atom is -0.364 e. The Morgan fingerprint density at radius 1 is 1.37 bits per heavy atom. The van der Waals surface area contributed by atoms with Crippen LogP contribution in [0, 0.1) is 19.7 Å². The van der Waals surface area contributed by atoms with E-state index in [0.717, 1.165) is 17.8 Å². The summed E-state index contributed by atoms with van der Waals surface area (Å²) in [5, 5.41) is 4.52. The zero-order valence-corrected chi connectivity index (χ0v) is 15.4. The van der Waals surface area contributed by atoms with Gasteiger partial charge in [-0.2, -0.15) is 5.10 Å². The number of nitrogens with zero attached hydrogens (tertiary/aromatic N) is 4. The average Bonchev–Trinajstić information content (AvgIpc) is 3.32. The van der Waals surface area contributed by atoms with Gasteiger partial charge in [-0.1, -0.05) is 0 Å². The predicted octanol–water partition coefficient (Wildman–Crippen LogP) is 2.51. The van der Waals surface area contributed by atoms with Gasteiger partial charge in [0.25, 0.3) is 0 Å². The van der Waals surface area contributed by atoms with E-state index in [9.17, 15) is 9.18 Å². The first-order valence-corrected chi connectivity index (χ1v) is 9.02. The summed E-state index contributed by atoms with van der Waals surface area (Å²) in [5.41, 5.74) is 3.40. The van der Waals surface area contributed by atoms with E-state index in [-0.39, 0.29) is 31.0 Å². The van der Waals surface area contributed by atoms with Gasteiger partial charge in [-0.15, -0.1) is 0 Å². The molecule has 1 aromatic carbocycles. The molecule has 1 amide bonds. The van der Waals surface area contributed by atoms with Crippen LogP contribution in [0.25, 0.3) is 11.0 Å². The van der Waals surface area contributed by atoms with Gasteiger partial charge in [0.1, 0.15) is 24.9 Å². The third-order valence-corrected chi connectivity index (χ3v) is 4.86. The number of fused-ring (bicyclic) bond motifs is 1. The molecule has 27 heavy (non-hydrogen) atoms. The number of carbonyl (C=O) groups excluding carboxylic acids is 1. The molecule has 0 saturated carbocycles. The largest absolute Gasteiger partial charge is 0.364 e. The number of aromatic amines is 1. The summed E-state index contributed by atoms with van der Waals surface area (Å²) in [4.78, 5) is 21.6. The normalized spacial score (nSPS) is 17.1. The quantitative estimate of drug-likeness (QED) is 0.748. The van der Waals surface area contributed by atoms with Crippen molar-refractivity contribution in [3.8, 4) is 0 Å².